The first-order valence-corrected chi connectivity index (χ1v) is 6.90. The third kappa shape index (κ3) is 2.96. The fourth-order valence-electron chi connectivity index (χ4n) is 3.36. The van der Waals surface area contributed by atoms with Crippen LogP contribution in [-0.4, -0.2) is 41.3 Å². The highest BCUT2D eigenvalue weighted by Crippen LogP contribution is 2.32. The molecule has 1 aliphatic carbocycles. The van der Waals surface area contributed by atoms with Crippen molar-refractivity contribution >= 4 is 0 Å². The first-order valence-electron chi connectivity index (χ1n) is 6.90. The van der Waals surface area contributed by atoms with Crippen molar-refractivity contribution in [1.29, 1.82) is 0 Å². The molecule has 1 saturated heterocycles. The van der Waals surface area contributed by atoms with E-state index >= 15 is 0 Å². The molecule has 94 valence electrons. The highest BCUT2D eigenvalue weighted by atomic mass is 16.3. The van der Waals surface area contributed by atoms with Gasteiger partial charge in [0, 0.05) is 12.6 Å². The number of aliphatic hydroxyl groups is 1. The average molecular weight is 226 g/mol. The van der Waals surface area contributed by atoms with Crippen LogP contribution in [-0.2, 0) is 0 Å². The summed E-state index contributed by atoms with van der Waals surface area (Å²) in [6.45, 7) is 2.82. The molecule has 2 rings (SSSR count). The normalized spacial score (nSPS) is 30.8. The molecule has 3 heteroatoms. The van der Waals surface area contributed by atoms with Gasteiger partial charge >= 0.3 is 0 Å². The lowest BCUT2D eigenvalue weighted by atomic mass is 9.95. The van der Waals surface area contributed by atoms with Gasteiger partial charge in [0.05, 0.1) is 5.60 Å². The Kier molecular flexibility index (Phi) is 4.22. The molecule has 0 amide bonds. The van der Waals surface area contributed by atoms with E-state index in [0.29, 0.717) is 6.04 Å². The number of likely N-dealkylation sites (tertiary alicyclic amines) is 1. The Labute approximate surface area is 99.0 Å². The van der Waals surface area contributed by atoms with Gasteiger partial charge in [0.1, 0.15) is 0 Å². The van der Waals surface area contributed by atoms with Crippen LogP contribution in [0, 0.1) is 0 Å². The van der Waals surface area contributed by atoms with E-state index in [9.17, 15) is 5.11 Å². The van der Waals surface area contributed by atoms with Gasteiger partial charge in [-0.05, 0) is 45.2 Å². The molecule has 1 atom stereocenters. The molecule has 1 saturated carbocycles. The molecule has 0 aromatic carbocycles. The summed E-state index contributed by atoms with van der Waals surface area (Å²) in [6, 6.07) is 0.628. The third-order valence-corrected chi connectivity index (χ3v) is 4.28. The van der Waals surface area contributed by atoms with E-state index < -0.39 is 0 Å². The summed E-state index contributed by atoms with van der Waals surface area (Å²) in [5.74, 6) is 0. The van der Waals surface area contributed by atoms with Gasteiger partial charge < -0.3 is 10.8 Å². The monoisotopic (exact) mass is 226 g/mol. The SMILES string of the molecule is NCCC1CCCCN1CC1(O)CCCC1. The second-order valence-corrected chi connectivity index (χ2v) is 5.63. The first-order chi connectivity index (χ1) is 7.73. The Morgan fingerprint density at radius 2 is 1.94 bits per heavy atom. The third-order valence-electron chi connectivity index (χ3n) is 4.28. The molecule has 1 aliphatic heterocycles. The number of rotatable bonds is 4. The molecular formula is C13H26N2O. The molecule has 1 unspecified atom stereocenters. The van der Waals surface area contributed by atoms with Gasteiger partial charge in [-0.1, -0.05) is 19.3 Å². The van der Waals surface area contributed by atoms with E-state index in [1.165, 1.54) is 32.1 Å². The van der Waals surface area contributed by atoms with Crippen molar-refractivity contribution in [2.24, 2.45) is 5.73 Å². The minimum absolute atomic E-state index is 0.385. The molecule has 1 heterocycles. The molecule has 3 nitrogen and oxygen atoms in total. The summed E-state index contributed by atoms with van der Waals surface area (Å²) in [5.41, 5.74) is 5.29. The topological polar surface area (TPSA) is 49.5 Å². The molecule has 0 aromatic rings. The zero-order chi connectivity index (χ0) is 11.4. The Morgan fingerprint density at radius 1 is 1.19 bits per heavy atom. The number of piperidine rings is 1. The minimum atomic E-state index is -0.385. The van der Waals surface area contributed by atoms with Crippen molar-refractivity contribution in [3.8, 4) is 0 Å². The van der Waals surface area contributed by atoms with Crippen LogP contribution in [0.4, 0.5) is 0 Å². The number of nitrogens with zero attached hydrogens (tertiary/aromatic N) is 1. The quantitative estimate of drug-likeness (QED) is 0.763. The van der Waals surface area contributed by atoms with Crippen LogP contribution in [0.3, 0.4) is 0 Å². The molecule has 2 fully saturated rings. The molecule has 3 N–H and O–H groups in total. The van der Waals surface area contributed by atoms with Crippen LogP contribution < -0.4 is 5.73 Å². The molecular weight excluding hydrogens is 200 g/mol. The zero-order valence-electron chi connectivity index (χ0n) is 10.3. The first kappa shape index (κ1) is 12.3. The Hall–Kier alpha value is -0.120. The summed E-state index contributed by atoms with van der Waals surface area (Å²) in [5, 5.41) is 10.5. The van der Waals surface area contributed by atoms with Gasteiger partial charge in [0.25, 0.3) is 0 Å². The van der Waals surface area contributed by atoms with Gasteiger partial charge in [-0.15, -0.1) is 0 Å². The Morgan fingerprint density at radius 3 is 2.62 bits per heavy atom. The highest BCUT2D eigenvalue weighted by molar-refractivity contribution is 4.90. The summed E-state index contributed by atoms with van der Waals surface area (Å²) < 4.78 is 0. The van der Waals surface area contributed by atoms with Gasteiger partial charge in [-0.25, -0.2) is 0 Å². The van der Waals surface area contributed by atoms with Crippen molar-refractivity contribution in [3.63, 3.8) is 0 Å². The second kappa shape index (κ2) is 5.48. The van der Waals surface area contributed by atoms with Gasteiger partial charge in [0.15, 0.2) is 0 Å². The smallest absolute Gasteiger partial charge is 0.0774 e. The predicted octanol–water partition coefficient (Wildman–Crippen LogP) is 1.49. The van der Waals surface area contributed by atoms with E-state index in [4.69, 9.17) is 5.73 Å². The maximum atomic E-state index is 10.5. The van der Waals surface area contributed by atoms with Crippen LogP contribution in [0.25, 0.3) is 0 Å². The molecule has 0 aromatic heterocycles. The van der Waals surface area contributed by atoms with E-state index in [0.717, 1.165) is 38.9 Å². The van der Waals surface area contributed by atoms with Gasteiger partial charge in [-0.2, -0.15) is 0 Å². The number of nitrogens with two attached hydrogens (primary N) is 1. The minimum Gasteiger partial charge on any atom is -0.389 e. The van der Waals surface area contributed by atoms with Crippen LogP contribution in [0.15, 0.2) is 0 Å². The molecule has 2 aliphatic rings. The molecule has 0 bridgehead atoms. The number of hydrogen-bond acceptors (Lipinski definition) is 3. The van der Waals surface area contributed by atoms with Crippen molar-refractivity contribution in [2.45, 2.75) is 63.0 Å². The van der Waals surface area contributed by atoms with Crippen LogP contribution >= 0.6 is 0 Å². The molecule has 16 heavy (non-hydrogen) atoms. The van der Waals surface area contributed by atoms with Crippen LogP contribution in [0.2, 0.25) is 0 Å². The summed E-state index contributed by atoms with van der Waals surface area (Å²) >= 11 is 0. The van der Waals surface area contributed by atoms with Crippen molar-refractivity contribution in [1.82, 2.24) is 4.90 Å². The van der Waals surface area contributed by atoms with E-state index in [-0.39, 0.29) is 5.60 Å². The lowest BCUT2D eigenvalue weighted by molar-refractivity contribution is -0.0130. The predicted molar refractivity (Wildman–Crippen MR) is 66.3 cm³/mol. The largest absolute Gasteiger partial charge is 0.389 e. The molecule has 0 radical (unpaired) electrons. The molecule has 0 spiro atoms. The Bertz CT molecular complexity index is 212. The fourth-order valence-corrected chi connectivity index (χ4v) is 3.36. The van der Waals surface area contributed by atoms with Crippen molar-refractivity contribution < 1.29 is 5.11 Å². The lowest BCUT2D eigenvalue weighted by Crippen LogP contribution is -2.48. The summed E-state index contributed by atoms with van der Waals surface area (Å²) in [4.78, 5) is 2.50. The summed E-state index contributed by atoms with van der Waals surface area (Å²) in [6.07, 6.45) is 9.38. The maximum absolute atomic E-state index is 10.5. The van der Waals surface area contributed by atoms with Crippen molar-refractivity contribution in [2.75, 3.05) is 19.6 Å². The fraction of sp³-hybridized carbons (Fsp3) is 1.00. The van der Waals surface area contributed by atoms with Crippen LogP contribution in [0.1, 0.15) is 51.4 Å². The Balaban J connectivity index is 1.89. The zero-order valence-corrected chi connectivity index (χ0v) is 10.3. The lowest BCUT2D eigenvalue weighted by Gasteiger charge is -2.40. The van der Waals surface area contributed by atoms with Gasteiger partial charge in [0.2, 0.25) is 0 Å². The highest BCUT2D eigenvalue weighted by Gasteiger charge is 2.35. The van der Waals surface area contributed by atoms with Crippen molar-refractivity contribution in [3.05, 3.63) is 0 Å². The summed E-state index contributed by atoms with van der Waals surface area (Å²) in [7, 11) is 0. The number of β-amino-alcohol motifs (C(OH)–C–C–N with tert-alkyl or cyclic N) is 1. The van der Waals surface area contributed by atoms with E-state index in [1.54, 1.807) is 0 Å². The van der Waals surface area contributed by atoms with E-state index in [2.05, 4.69) is 4.90 Å². The second-order valence-electron chi connectivity index (χ2n) is 5.63. The van der Waals surface area contributed by atoms with Gasteiger partial charge in [-0.3, -0.25) is 4.90 Å². The van der Waals surface area contributed by atoms with E-state index in [1.807, 2.05) is 0 Å². The maximum Gasteiger partial charge on any atom is 0.0774 e. The average Bonchev–Trinajstić information content (AvgIpc) is 2.68. The van der Waals surface area contributed by atoms with Crippen LogP contribution in [0.5, 0.6) is 0 Å². The standard InChI is InChI=1S/C13H26N2O/c14-9-6-12-5-1-4-10-15(12)11-13(16)7-2-3-8-13/h12,16H,1-11,14H2. The number of hydrogen-bond donors (Lipinski definition) is 2.